The van der Waals surface area contributed by atoms with Gasteiger partial charge in [-0.15, -0.1) is 0 Å². The van der Waals surface area contributed by atoms with Crippen molar-refractivity contribution in [2.45, 2.75) is 104 Å². The van der Waals surface area contributed by atoms with Crippen LogP contribution in [0.1, 0.15) is 97.6 Å². The van der Waals surface area contributed by atoms with Gasteiger partial charge >= 0.3 is 0 Å². The molecule has 1 fully saturated rings. The van der Waals surface area contributed by atoms with Gasteiger partial charge in [-0.3, -0.25) is 33.1 Å². The van der Waals surface area contributed by atoms with Gasteiger partial charge in [0.15, 0.2) is 0 Å². The molecule has 0 saturated carbocycles. The summed E-state index contributed by atoms with van der Waals surface area (Å²) in [5.74, 6) is 0.197. The first kappa shape index (κ1) is 38.1. The van der Waals surface area contributed by atoms with E-state index >= 15 is 0 Å². The van der Waals surface area contributed by atoms with Crippen molar-refractivity contribution < 1.29 is 4.79 Å². The number of nitrogens with zero attached hydrogens (tertiary/aromatic N) is 4. The van der Waals surface area contributed by atoms with Gasteiger partial charge in [-0.2, -0.15) is 0 Å². The number of aryl methyl sites for hydroxylation is 1. The summed E-state index contributed by atoms with van der Waals surface area (Å²) in [6.45, 7) is 9.95. The van der Waals surface area contributed by atoms with Gasteiger partial charge in [0.25, 0.3) is 22.2 Å². The zero-order valence-electron chi connectivity index (χ0n) is 34.9. The van der Waals surface area contributed by atoms with Gasteiger partial charge in [0, 0.05) is 86.9 Å². The lowest BCUT2D eigenvalue weighted by atomic mass is 9.84. The molecule has 60 heavy (non-hydrogen) atoms. The lowest BCUT2D eigenvalue weighted by molar-refractivity contribution is -0.130. The number of fused-ring (bicyclic) bond motifs is 1. The Bertz CT molecular complexity index is 3390. The van der Waals surface area contributed by atoms with Crippen molar-refractivity contribution in [3.05, 3.63) is 114 Å². The van der Waals surface area contributed by atoms with Crippen molar-refractivity contribution in [3.63, 3.8) is 0 Å². The van der Waals surface area contributed by atoms with Gasteiger partial charge in [0.2, 0.25) is 5.91 Å². The highest BCUT2D eigenvalue weighted by molar-refractivity contribution is 6.44. The van der Waals surface area contributed by atoms with E-state index in [1.807, 2.05) is 87.2 Å². The van der Waals surface area contributed by atoms with E-state index < -0.39 is 0 Å². The number of hydrogen-bond donors (Lipinski definition) is 0. The number of pyridine rings is 2. The molecule has 0 atom stereocenters. The van der Waals surface area contributed by atoms with Gasteiger partial charge < -0.3 is 9.47 Å². The third-order valence-electron chi connectivity index (χ3n) is 14.0. The molecule has 304 valence electrons. The van der Waals surface area contributed by atoms with E-state index in [-0.39, 0.29) is 40.2 Å². The number of rotatable bonds is 11. The minimum Gasteiger partial charge on any atom is -0.343 e. The third kappa shape index (κ3) is 5.40. The summed E-state index contributed by atoms with van der Waals surface area (Å²) < 4.78 is 5.24. The maximum Gasteiger partial charge on any atom is 0.261 e. The standard InChI is InChI=1S/C51H50N4O5/c1-5-31(6-2)54-48(57)35-21-19-33-34-20-22-36-44-38(51(60)55(49(36)58)32(7-3)8-4)28-40-47(46(34)44)42-30(26-37(50(54)59)43(35)45(33)42)27-39(29-16-11-9-12-17-29)53(40)25-15-24-52-23-14-10-13-18-41(52)56/h9,11-12,16-17,19-22,26-28,31-32H,5-8,10,13-15,18,23-25H2,1-4H3. The molecule has 0 spiro atoms. The van der Waals surface area contributed by atoms with Gasteiger partial charge in [0.05, 0.1) is 10.9 Å². The molecule has 3 aromatic heterocycles. The predicted octanol–water partition coefficient (Wildman–Crippen LogP) is 10.1. The second kappa shape index (κ2) is 14.6. The fraction of sp³-hybridized carbons (Fsp3) is 0.353. The molecule has 0 unspecified atom stereocenters. The average molecular weight is 799 g/mol. The van der Waals surface area contributed by atoms with E-state index in [1.165, 1.54) is 9.13 Å². The van der Waals surface area contributed by atoms with Crippen LogP contribution in [0.5, 0.6) is 0 Å². The van der Waals surface area contributed by atoms with Crippen molar-refractivity contribution in [2.24, 2.45) is 0 Å². The first-order valence-electron chi connectivity index (χ1n) is 22.1. The number of benzene rings is 6. The lowest BCUT2D eigenvalue weighted by Gasteiger charge is -2.23. The third-order valence-corrected chi connectivity index (χ3v) is 14.0. The lowest BCUT2D eigenvalue weighted by Crippen LogP contribution is -2.36. The first-order valence-corrected chi connectivity index (χ1v) is 22.1. The van der Waals surface area contributed by atoms with Gasteiger partial charge in [-0.25, -0.2) is 0 Å². The average Bonchev–Trinajstić information content (AvgIpc) is 3.56. The Kier molecular flexibility index (Phi) is 9.26. The van der Waals surface area contributed by atoms with Gasteiger partial charge in [-0.1, -0.05) is 76.6 Å². The number of carbonyl (C=O) groups is 1. The zero-order chi connectivity index (χ0) is 41.6. The summed E-state index contributed by atoms with van der Waals surface area (Å²) in [7, 11) is 0. The largest absolute Gasteiger partial charge is 0.343 e. The van der Waals surface area contributed by atoms with E-state index in [2.05, 4.69) is 22.8 Å². The molecule has 1 saturated heterocycles. The summed E-state index contributed by atoms with van der Waals surface area (Å²) >= 11 is 0. The van der Waals surface area contributed by atoms with Crippen LogP contribution in [0.15, 0.2) is 92.0 Å². The fourth-order valence-electron chi connectivity index (χ4n) is 10.9. The van der Waals surface area contributed by atoms with E-state index in [1.54, 1.807) is 0 Å². The quantitative estimate of drug-likeness (QED) is 0.0958. The van der Waals surface area contributed by atoms with Crippen LogP contribution in [0.25, 0.3) is 86.8 Å². The monoisotopic (exact) mass is 798 g/mol. The molecule has 1 amide bonds. The minimum absolute atomic E-state index is 0.197. The van der Waals surface area contributed by atoms with Crippen LogP contribution in [-0.2, 0) is 11.3 Å². The number of likely N-dealkylation sites (tertiary alicyclic amines) is 1. The molecular formula is C51H50N4O5. The molecule has 0 N–H and O–H groups in total. The van der Waals surface area contributed by atoms with Crippen molar-refractivity contribution in [1.82, 2.24) is 18.6 Å². The van der Waals surface area contributed by atoms with Crippen LogP contribution < -0.4 is 22.2 Å². The Balaban J connectivity index is 1.43. The zero-order valence-corrected chi connectivity index (χ0v) is 34.9. The van der Waals surface area contributed by atoms with Crippen molar-refractivity contribution in [1.29, 1.82) is 0 Å². The van der Waals surface area contributed by atoms with Crippen LogP contribution in [0.2, 0.25) is 0 Å². The number of carbonyl (C=O) groups excluding carboxylic acids is 1. The summed E-state index contributed by atoms with van der Waals surface area (Å²) in [5, 5.41) is 9.37. The highest BCUT2D eigenvalue weighted by Crippen LogP contribution is 2.48. The summed E-state index contributed by atoms with van der Waals surface area (Å²) in [4.78, 5) is 73.9. The highest BCUT2D eigenvalue weighted by atomic mass is 16.2. The fourth-order valence-corrected chi connectivity index (χ4v) is 10.9. The molecule has 0 radical (unpaired) electrons. The second-order valence-corrected chi connectivity index (χ2v) is 17.0. The molecule has 1 aliphatic heterocycles. The van der Waals surface area contributed by atoms with Crippen molar-refractivity contribution in [3.8, 4) is 11.3 Å². The van der Waals surface area contributed by atoms with Crippen molar-refractivity contribution in [2.75, 3.05) is 13.1 Å². The molecule has 1 aliphatic rings. The molecule has 9 aromatic rings. The predicted molar refractivity (Wildman–Crippen MR) is 246 cm³/mol. The molecule has 4 heterocycles. The van der Waals surface area contributed by atoms with Crippen LogP contribution in [0, 0.1) is 0 Å². The SMILES string of the molecule is CCC(CC)n1c(=O)c2ccc3c4ccc5c(=O)n(C(CC)CC)c(=O)c6cc7c(c8c(cc(-c9ccccc9)n7CCCN7CCCCCC7=O)cc(c1=O)c2c38)c4c56. The first-order chi connectivity index (χ1) is 29.2. The molecular weight excluding hydrogens is 749 g/mol. The van der Waals surface area contributed by atoms with E-state index in [0.29, 0.717) is 83.9 Å². The molecule has 9 nitrogen and oxygen atoms in total. The molecule has 6 aromatic carbocycles. The summed E-state index contributed by atoms with van der Waals surface area (Å²) in [5.41, 5.74) is 1.57. The topological polar surface area (TPSA) is 103 Å². The maximum absolute atomic E-state index is 14.9. The van der Waals surface area contributed by atoms with Crippen LogP contribution in [0.3, 0.4) is 0 Å². The number of amides is 1. The van der Waals surface area contributed by atoms with Gasteiger partial charge in [0.1, 0.15) is 0 Å². The molecule has 0 aliphatic carbocycles. The number of hydrogen-bond acceptors (Lipinski definition) is 5. The number of aromatic nitrogens is 3. The van der Waals surface area contributed by atoms with Crippen LogP contribution in [0.4, 0.5) is 0 Å². The summed E-state index contributed by atoms with van der Waals surface area (Å²) in [6, 6.07) is 23.6. The molecule has 9 heteroatoms. The van der Waals surface area contributed by atoms with E-state index in [0.717, 1.165) is 80.3 Å². The Morgan fingerprint density at radius 3 is 1.67 bits per heavy atom. The Morgan fingerprint density at radius 2 is 1.07 bits per heavy atom. The second-order valence-electron chi connectivity index (χ2n) is 17.0. The van der Waals surface area contributed by atoms with Crippen LogP contribution >= 0.6 is 0 Å². The Labute approximate surface area is 346 Å². The highest BCUT2D eigenvalue weighted by Gasteiger charge is 2.29. The molecule has 0 bridgehead atoms. The molecule has 10 rings (SSSR count). The Hall–Kier alpha value is -6.09. The summed E-state index contributed by atoms with van der Waals surface area (Å²) in [6.07, 6.45) is 6.81. The Morgan fingerprint density at radius 1 is 0.517 bits per heavy atom. The normalized spacial score (nSPS) is 14.4. The van der Waals surface area contributed by atoms with Crippen LogP contribution in [-0.4, -0.2) is 37.6 Å². The van der Waals surface area contributed by atoms with Crippen molar-refractivity contribution >= 4 is 81.4 Å². The van der Waals surface area contributed by atoms with Gasteiger partial charge in [-0.05, 0) is 102 Å². The smallest absolute Gasteiger partial charge is 0.261 e. The maximum atomic E-state index is 14.9. The van der Waals surface area contributed by atoms with E-state index in [9.17, 15) is 24.0 Å². The minimum atomic E-state index is -0.292. The van der Waals surface area contributed by atoms with E-state index in [4.69, 9.17) is 0 Å².